The molecule has 0 aliphatic rings. The maximum Gasteiger partial charge on any atom is 0.303 e. The largest absolute Gasteiger partial charge is 0.481 e. The smallest absolute Gasteiger partial charge is 0.303 e. The fourth-order valence-corrected chi connectivity index (χ4v) is 1.07. The van der Waals surface area contributed by atoms with Crippen molar-refractivity contribution in [2.45, 2.75) is 12.8 Å². The second-order valence-electron chi connectivity index (χ2n) is 2.87. The van der Waals surface area contributed by atoms with Crippen LogP contribution in [0.4, 0.5) is 0 Å². The zero-order chi connectivity index (χ0) is 10.7. The highest BCUT2D eigenvalue weighted by Gasteiger charge is 2.11. The number of aryl methyl sites for hydroxylation is 1. The Balaban J connectivity index is 2.08. The van der Waals surface area contributed by atoms with E-state index in [2.05, 4.69) is 10.2 Å². The summed E-state index contributed by atoms with van der Waals surface area (Å²) in [5, 5.41) is 15.9. The summed E-state index contributed by atoms with van der Waals surface area (Å²) >= 11 is 0. The number of hydrogen-bond acceptors (Lipinski definition) is 5. The third-order valence-corrected chi connectivity index (χ3v) is 1.75. The van der Waals surface area contributed by atoms with E-state index in [0.717, 1.165) is 0 Å². The predicted molar refractivity (Wildman–Crippen MR) is 48.0 cm³/mol. The Morgan fingerprint density at radius 3 is 3.00 bits per heavy atom. The molecule has 0 saturated carbocycles. The number of carboxylic acid groups (broad SMARTS) is 1. The Morgan fingerprint density at radius 2 is 2.33 bits per heavy atom. The van der Waals surface area contributed by atoms with E-state index in [-0.39, 0.29) is 18.7 Å². The number of aromatic nitrogens is 2. The topological polar surface area (TPSA) is 89.4 Å². The summed E-state index contributed by atoms with van der Waals surface area (Å²) in [4.78, 5) is 10.3. The molecule has 2 aromatic heterocycles. The van der Waals surface area contributed by atoms with Crippen molar-refractivity contribution < 1.29 is 18.7 Å². The van der Waals surface area contributed by atoms with Gasteiger partial charge in [0.05, 0.1) is 12.7 Å². The Labute approximate surface area is 84.5 Å². The summed E-state index contributed by atoms with van der Waals surface area (Å²) in [7, 11) is 0. The molecule has 0 aliphatic heterocycles. The number of carbonyl (C=O) groups is 1. The number of hydrogen-bond donors (Lipinski definition) is 1. The lowest BCUT2D eigenvalue weighted by Crippen LogP contribution is -1.97. The number of furan rings is 1. The van der Waals surface area contributed by atoms with Crippen LogP contribution in [0.15, 0.2) is 27.2 Å². The summed E-state index contributed by atoms with van der Waals surface area (Å²) in [6, 6.07) is 3.39. The van der Waals surface area contributed by atoms with Crippen LogP contribution >= 0.6 is 0 Å². The lowest BCUT2D eigenvalue weighted by Gasteiger charge is -1.88. The number of carboxylic acids is 1. The standard InChI is InChI=1S/C9H8N2O4/c12-8(13)4-3-7-10-11-9(15-7)6-2-1-5-14-6/h1-2,5H,3-4H2,(H,12,13). The van der Waals surface area contributed by atoms with Gasteiger partial charge in [0.2, 0.25) is 5.89 Å². The molecule has 0 bridgehead atoms. The molecular weight excluding hydrogens is 200 g/mol. The first-order valence-corrected chi connectivity index (χ1v) is 4.34. The Bertz CT molecular complexity index is 446. The molecule has 6 heteroatoms. The maximum absolute atomic E-state index is 10.3. The summed E-state index contributed by atoms with van der Waals surface area (Å²) in [5.41, 5.74) is 0. The fraction of sp³-hybridized carbons (Fsp3) is 0.222. The fourth-order valence-electron chi connectivity index (χ4n) is 1.07. The van der Waals surface area contributed by atoms with Gasteiger partial charge in [-0.25, -0.2) is 0 Å². The molecule has 0 aliphatic carbocycles. The molecule has 0 saturated heterocycles. The zero-order valence-corrected chi connectivity index (χ0v) is 7.71. The van der Waals surface area contributed by atoms with Crippen LogP contribution in [-0.4, -0.2) is 21.3 Å². The summed E-state index contributed by atoms with van der Waals surface area (Å²) in [5.74, 6) is 0.140. The molecule has 0 fully saturated rings. The van der Waals surface area contributed by atoms with Crippen LogP contribution in [-0.2, 0) is 11.2 Å². The van der Waals surface area contributed by atoms with E-state index in [1.165, 1.54) is 6.26 Å². The van der Waals surface area contributed by atoms with Gasteiger partial charge in [-0.05, 0) is 12.1 Å². The first-order valence-electron chi connectivity index (χ1n) is 4.34. The second kappa shape index (κ2) is 3.95. The van der Waals surface area contributed by atoms with E-state index in [4.69, 9.17) is 13.9 Å². The minimum atomic E-state index is -0.896. The van der Waals surface area contributed by atoms with Crippen LogP contribution in [0.3, 0.4) is 0 Å². The third-order valence-electron chi connectivity index (χ3n) is 1.75. The molecule has 0 radical (unpaired) electrons. The van der Waals surface area contributed by atoms with E-state index in [0.29, 0.717) is 11.7 Å². The third kappa shape index (κ3) is 2.22. The molecule has 6 nitrogen and oxygen atoms in total. The summed E-state index contributed by atoms with van der Waals surface area (Å²) < 4.78 is 10.2. The first-order chi connectivity index (χ1) is 7.25. The van der Waals surface area contributed by atoms with Crippen molar-refractivity contribution in [2.75, 3.05) is 0 Å². The van der Waals surface area contributed by atoms with E-state index in [1.54, 1.807) is 12.1 Å². The molecule has 78 valence electrons. The van der Waals surface area contributed by atoms with Crippen molar-refractivity contribution >= 4 is 5.97 Å². The molecule has 0 aromatic carbocycles. The molecular formula is C9H8N2O4. The van der Waals surface area contributed by atoms with Crippen LogP contribution in [0.25, 0.3) is 11.7 Å². The zero-order valence-electron chi connectivity index (χ0n) is 7.71. The second-order valence-corrected chi connectivity index (χ2v) is 2.87. The van der Waals surface area contributed by atoms with Crippen molar-refractivity contribution in [2.24, 2.45) is 0 Å². The van der Waals surface area contributed by atoms with Gasteiger partial charge >= 0.3 is 5.97 Å². The minimum absolute atomic E-state index is 0.0280. The Morgan fingerprint density at radius 1 is 1.47 bits per heavy atom. The van der Waals surface area contributed by atoms with Crippen molar-refractivity contribution in [3.8, 4) is 11.7 Å². The first kappa shape index (κ1) is 9.45. The van der Waals surface area contributed by atoms with Crippen LogP contribution in [0, 0.1) is 0 Å². The van der Waals surface area contributed by atoms with Crippen LogP contribution in [0.1, 0.15) is 12.3 Å². The molecule has 2 heterocycles. The quantitative estimate of drug-likeness (QED) is 0.815. The number of aliphatic carboxylic acids is 1. The predicted octanol–water partition coefficient (Wildman–Crippen LogP) is 1.35. The van der Waals surface area contributed by atoms with Gasteiger partial charge in [-0.2, -0.15) is 0 Å². The van der Waals surface area contributed by atoms with Gasteiger partial charge in [0.25, 0.3) is 5.89 Å². The highest BCUT2D eigenvalue weighted by Crippen LogP contribution is 2.18. The highest BCUT2D eigenvalue weighted by molar-refractivity contribution is 5.66. The SMILES string of the molecule is O=C(O)CCc1nnc(-c2ccco2)o1. The van der Waals surface area contributed by atoms with Gasteiger partial charge in [0.15, 0.2) is 5.76 Å². The van der Waals surface area contributed by atoms with Crippen molar-refractivity contribution in [1.82, 2.24) is 10.2 Å². The van der Waals surface area contributed by atoms with Gasteiger partial charge < -0.3 is 13.9 Å². The van der Waals surface area contributed by atoms with Gasteiger partial charge in [0.1, 0.15) is 0 Å². The molecule has 0 unspecified atom stereocenters. The van der Waals surface area contributed by atoms with E-state index >= 15 is 0 Å². The summed E-state index contributed by atoms with van der Waals surface area (Å²) in [6.45, 7) is 0. The van der Waals surface area contributed by atoms with E-state index < -0.39 is 5.97 Å². The highest BCUT2D eigenvalue weighted by atomic mass is 16.4. The molecule has 2 aromatic rings. The number of rotatable bonds is 4. The number of nitrogens with zero attached hydrogens (tertiary/aromatic N) is 2. The molecule has 1 N–H and O–H groups in total. The molecule has 0 amide bonds. The normalized spacial score (nSPS) is 10.4. The van der Waals surface area contributed by atoms with Gasteiger partial charge in [0, 0.05) is 6.42 Å². The average molecular weight is 208 g/mol. The lowest BCUT2D eigenvalue weighted by molar-refractivity contribution is -0.137. The maximum atomic E-state index is 10.3. The summed E-state index contributed by atoms with van der Waals surface area (Å²) in [6.07, 6.45) is 1.69. The van der Waals surface area contributed by atoms with Crippen LogP contribution in [0.5, 0.6) is 0 Å². The van der Waals surface area contributed by atoms with Crippen molar-refractivity contribution in [3.63, 3.8) is 0 Å². The van der Waals surface area contributed by atoms with Gasteiger partial charge in [-0.3, -0.25) is 4.79 Å². The van der Waals surface area contributed by atoms with Crippen molar-refractivity contribution in [3.05, 3.63) is 24.3 Å². The monoisotopic (exact) mass is 208 g/mol. The van der Waals surface area contributed by atoms with E-state index in [1.807, 2.05) is 0 Å². The van der Waals surface area contributed by atoms with Crippen LogP contribution < -0.4 is 0 Å². The van der Waals surface area contributed by atoms with Gasteiger partial charge in [-0.1, -0.05) is 0 Å². The van der Waals surface area contributed by atoms with E-state index in [9.17, 15) is 4.79 Å². The Kier molecular flexibility index (Phi) is 2.49. The molecule has 0 spiro atoms. The molecule has 0 atom stereocenters. The average Bonchev–Trinajstić information content (AvgIpc) is 2.85. The lowest BCUT2D eigenvalue weighted by atomic mass is 10.3. The van der Waals surface area contributed by atoms with Crippen LogP contribution in [0.2, 0.25) is 0 Å². The molecule has 15 heavy (non-hydrogen) atoms. The minimum Gasteiger partial charge on any atom is -0.481 e. The van der Waals surface area contributed by atoms with Crippen molar-refractivity contribution in [1.29, 1.82) is 0 Å². The van der Waals surface area contributed by atoms with Gasteiger partial charge in [-0.15, -0.1) is 10.2 Å². The molecule has 2 rings (SSSR count). The Hall–Kier alpha value is -2.11.